The van der Waals surface area contributed by atoms with Gasteiger partial charge in [-0.1, -0.05) is 26.8 Å². The molecule has 1 saturated heterocycles. The van der Waals surface area contributed by atoms with E-state index in [2.05, 4.69) is 25.7 Å². The first-order valence-corrected chi connectivity index (χ1v) is 7.97. The fourth-order valence-corrected chi connectivity index (χ4v) is 2.66. The number of carbonyl (C=O) groups excluding carboxylic acids is 1. The number of nitrogens with zero attached hydrogens (tertiary/aromatic N) is 2. The summed E-state index contributed by atoms with van der Waals surface area (Å²) in [5.74, 6) is 0.761. The number of rotatable bonds is 6. The zero-order valence-electron chi connectivity index (χ0n) is 14.4. The van der Waals surface area contributed by atoms with Gasteiger partial charge in [-0.2, -0.15) is 0 Å². The number of likely N-dealkylation sites (tertiary alicyclic amines) is 1. The van der Waals surface area contributed by atoms with Gasteiger partial charge in [0.15, 0.2) is 0 Å². The number of amides is 1. The van der Waals surface area contributed by atoms with Crippen LogP contribution in [0.2, 0.25) is 0 Å². The minimum atomic E-state index is 0.157. The Balaban J connectivity index is 2.40. The number of piperidine rings is 1. The smallest absolute Gasteiger partial charge is 0.246 e. The predicted octanol–water partition coefficient (Wildman–Crippen LogP) is 2.41. The Morgan fingerprint density at radius 1 is 1.43 bits per heavy atom. The molecule has 1 fully saturated rings. The molecule has 4 nitrogen and oxygen atoms in total. The molecule has 21 heavy (non-hydrogen) atoms. The molecular weight excluding hydrogens is 264 g/mol. The lowest BCUT2D eigenvalue weighted by Gasteiger charge is -2.39. The van der Waals surface area contributed by atoms with Crippen molar-refractivity contribution >= 4 is 5.91 Å². The Morgan fingerprint density at radius 2 is 2.14 bits per heavy atom. The van der Waals surface area contributed by atoms with Gasteiger partial charge in [0.25, 0.3) is 0 Å². The van der Waals surface area contributed by atoms with Crippen molar-refractivity contribution in [1.82, 2.24) is 9.80 Å². The van der Waals surface area contributed by atoms with Gasteiger partial charge in [-0.25, -0.2) is 0 Å². The summed E-state index contributed by atoms with van der Waals surface area (Å²) in [4.78, 5) is 16.4. The monoisotopic (exact) mass is 296 g/mol. The first-order valence-electron chi connectivity index (χ1n) is 7.97. The fourth-order valence-electron chi connectivity index (χ4n) is 2.66. The van der Waals surface area contributed by atoms with Gasteiger partial charge in [0.05, 0.1) is 6.61 Å². The number of ether oxygens (including phenoxy) is 1. The van der Waals surface area contributed by atoms with Gasteiger partial charge in [-0.3, -0.25) is 4.79 Å². The van der Waals surface area contributed by atoms with Crippen LogP contribution in [-0.4, -0.2) is 62.7 Å². The lowest BCUT2D eigenvalue weighted by atomic mass is 9.76. The molecule has 1 aliphatic rings. The first kappa shape index (κ1) is 18.2. The van der Waals surface area contributed by atoms with Crippen molar-refractivity contribution in [3.05, 3.63) is 12.2 Å². The van der Waals surface area contributed by atoms with Crippen molar-refractivity contribution in [2.45, 2.75) is 33.6 Å². The lowest BCUT2D eigenvalue weighted by Crippen LogP contribution is -2.43. The van der Waals surface area contributed by atoms with Gasteiger partial charge in [0.1, 0.15) is 0 Å². The summed E-state index contributed by atoms with van der Waals surface area (Å²) in [6, 6.07) is 0. The van der Waals surface area contributed by atoms with Gasteiger partial charge >= 0.3 is 0 Å². The van der Waals surface area contributed by atoms with E-state index < -0.39 is 0 Å². The Hall–Kier alpha value is -0.870. The second-order valence-electron chi connectivity index (χ2n) is 7.15. The molecule has 0 spiro atoms. The molecule has 0 aromatic carbocycles. The van der Waals surface area contributed by atoms with E-state index in [1.807, 2.05) is 18.0 Å². The van der Waals surface area contributed by atoms with Crippen LogP contribution in [0.15, 0.2) is 12.2 Å². The highest BCUT2D eigenvalue weighted by Gasteiger charge is 2.30. The van der Waals surface area contributed by atoms with Crippen molar-refractivity contribution in [3.63, 3.8) is 0 Å². The number of methoxy groups -OCH3 is 1. The predicted molar refractivity (Wildman–Crippen MR) is 87.3 cm³/mol. The van der Waals surface area contributed by atoms with Crippen molar-refractivity contribution < 1.29 is 9.53 Å². The number of hydrogen-bond acceptors (Lipinski definition) is 3. The fraction of sp³-hybridized carbons (Fsp3) is 0.824. The van der Waals surface area contributed by atoms with Crippen molar-refractivity contribution in [2.24, 2.45) is 11.3 Å². The third-order valence-electron chi connectivity index (χ3n) is 4.31. The van der Waals surface area contributed by atoms with Crippen LogP contribution in [0.1, 0.15) is 33.6 Å². The zero-order chi connectivity index (χ0) is 15.9. The summed E-state index contributed by atoms with van der Waals surface area (Å²) in [7, 11) is 3.74. The molecule has 1 amide bonds. The van der Waals surface area contributed by atoms with Gasteiger partial charge in [-0.05, 0) is 31.2 Å². The van der Waals surface area contributed by atoms with E-state index in [0.29, 0.717) is 5.92 Å². The molecule has 0 saturated carbocycles. The SMILES string of the molecule is COCCN(C)C/C=C/C(=O)N1CCCC(C(C)(C)C)C1. The molecular formula is C17H32N2O2. The van der Waals surface area contributed by atoms with Gasteiger partial charge in [0.2, 0.25) is 5.91 Å². The summed E-state index contributed by atoms with van der Waals surface area (Å²) in [6.07, 6.45) is 6.04. The molecule has 0 aromatic rings. The third kappa shape index (κ3) is 6.62. The minimum Gasteiger partial charge on any atom is -0.383 e. The highest BCUT2D eigenvalue weighted by atomic mass is 16.5. The van der Waals surface area contributed by atoms with Crippen LogP contribution in [-0.2, 0) is 9.53 Å². The molecule has 1 rings (SSSR count). The molecule has 122 valence electrons. The molecule has 0 bridgehead atoms. The average molecular weight is 296 g/mol. The highest BCUT2D eigenvalue weighted by Crippen LogP contribution is 2.33. The van der Waals surface area contributed by atoms with E-state index in [1.165, 1.54) is 6.42 Å². The average Bonchev–Trinajstić information content (AvgIpc) is 2.44. The zero-order valence-corrected chi connectivity index (χ0v) is 14.4. The van der Waals surface area contributed by atoms with Gasteiger partial charge < -0.3 is 14.5 Å². The summed E-state index contributed by atoms with van der Waals surface area (Å²) < 4.78 is 5.04. The minimum absolute atomic E-state index is 0.157. The summed E-state index contributed by atoms with van der Waals surface area (Å²) >= 11 is 0. The van der Waals surface area contributed by atoms with Gasteiger partial charge in [-0.15, -0.1) is 0 Å². The van der Waals surface area contributed by atoms with E-state index >= 15 is 0 Å². The summed E-state index contributed by atoms with van der Waals surface area (Å²) in [6.45, 7) is 11.0. The van der Waals surface area contributed by atoms with E-state index in [4.69, 9.17) is 4.74 Å². The molecule has 4 heteroatoms. The molecule has 0 aromatic heterocycles. The van der Waals surface area contributed by atoms with E-state index in [0.717, 1.165) is 39.2 Å². The largest absolute Gasteiger partial charge is 0.383 e. The Bertz CT molecular complexity index is 347. The van der Waals surface area contributed by atoms with Crippen LogP contribution < -0.4 is 0 Å². The van der Waals surface area contributed by atoms with Crippen LogP contribution in [0.5, 0.6) is 0 Å². The standard InChI is InChI=1S/C17H32N2O2/c1-17(2,3)15-8-6-11-19(14-15)16(20)9-7-10-18(4)12-13-21-5/h7,9,15H,6,8,10-14H2,1-5H3/b9-7+. The van der Waals surface area contributed by atoms with Crippen LogP contribution in [0, 0.1) is 11.3 Å². The van der Waals surface area contributed by atoms with E-state index in [9.17, 15) is 4.79 Å². The summed E-state index contributed by atoms with van der Waals surface area (Å²) in [5, 5.41) is 0. The molecule has 0 aliphatic carbocycles. The maximum Gasteiger partial charge on any atom is 0.246 e. The molecule has 1 unspecified atom stereocenters. The molecule has 1 aliphatic heterocycles. The first-order chi connectivity index (χ1) is 9.84. The number of likely N-dealkylation sites (N-methyl/N-ethyl adjacent to an activating group) is 1. The maximum atomic E-state index is 12.3. The Labute approximate surface area is 130 Å². The van der Waals surface area contributed by atoms with Crippen LogP contribution in [0.3, 0.4) is 0 Å². The van der Waals surface area contributed by atoms with Crippen LogP contribution in [0.25, 0.3) is 0 Å². The second kappa shape index (κ2) is 8.54. The molecule has 1 atom stereocenters. The quantitative estimate of drug-likeness (QED) is 0.706. The van der Waals surface area contributed by atoms with Crippen molar-refractivity contribution in [2.75, 3.05) is 46.9 Å². The van der Waals surface area contributed by atoms with Crippen LogP contribution in [0.4, 0.5) is 0 Å². The van der Waals surface area contributed by atoms with Crippen molar-refractivity contribution in [1.29, 1.82) is 0 Å². The Morgan fingerprint density at radius 3 is 2.76 bits per heavy atom. The lowest BCUT2D eigenvalue weighted by molar-refractivity contribution is -0.128. The van der Waals surface area contributed by atoms with E-state index in [-0.39, 0.29) is 11.3 Å². The normalized spacial score (nSPS) is 20.5. The number of hydrogen-bond donors (Lipinski definition) is 0. The van der Waals surface area contributed by atoms with Crippen molar-refractivity contribution in [3.8, 4) is 0 Å². The van der Waals surface area contributed by atoms with Crippen LogP contribution >= 0.6 is 0 Å². The summed E-state index contributed by atoms with van der Waals surface area (Å²) in [5.41, 5.74) is 0.281. The maximum absolute atomic E-state index is 12.3. The molecule has 0 radical (unpaired) electrons. The molecule has 1 heterocycles. The molecule has 0 N–H and O–H groups in total. The number of carbonyl (C=O) groups is 1. The van der Waals surface area contributed by atoms with E-state index in [1.54, 1.807) is 13.2 Å². The van der Waals surface area contributed by atoms with Gasteiger partial charge in [0, 0.05) is 39.4 Å². The highest BCUT2D eigenvalue weighted by molar-refractivity contribution is 5.87. The third-order valence-corrected chi connectivity index (χ3v) is 4.31. The second-order valence-corrected chi connectivity index (χ2v) is 7.15. The Kier molecular flexibility index (Phi) is 7.40. The topological polar surface area (TPSA) is 32.8 Å².